The van der Waals surface area contributed by atoms with Gasteiger partial charge >= 0.3 is 0 Å². The molecule has 0 aromatic carbocycles. The highest BCUT2D eigenvalue weighted by Gasteiger charge is 2.10. The molecule has 0 aromatic heterocycles. The van der Waals surface area contributed by atoms with E-state index in [0.717, 1.165) is 6.54 Å². The molecule has 1 heterocycles. The lowest BCUT2D eigenvalue weighted by Crippen LogP contribution is -2.31. The molecule has 0 spiro atoms. The summed E-state index contributed by atoms with van der Waals surface area (Å²) >= 11 is 0. The first-order chi connectivity index (χ1) is 4.75. The summed E-state index contributed by atoms with van der Waals surface area (Å²) < 4.78 is 0. The molecule has 56 valence electrons. The normalized spacial score (nSPS) is 24.9. The van der Waals surface area contributed by atoms with Crippen molar-refractivity contribution in [2.24, 2.45) is 0 Å². The van der Waals surface area contributed by atoms with Crippen LogP contribution in [0.25, 0.3) is 0 Å². The van der Waals surface area contributed by atoms with E-state index in [1.54, 1.807) is 0 Å². The Bertz CT molecular complexity index is 168. The van der Waals surface area contributed by atoms with Gasteiger partial charge < -0.3 is 4.90 Å². The van der Waals surface area contributed by atoms with Crippen LogP contribution < -0.4 is 0 Å². The Hall–Kier alpha value is -0.720. The van der Waals surface area contributed by atoms with Crippen molar-refractivity contribution >= 4 is 0 Å². The summed E-state index contributed by atoms with van der Waals surface area (Å²) in [6.07, 6.45) is 6.51. The molecule has 1 nitrogen and oxygen atoms in total. The van der Waals surface area contributed by atoms with Gasteiger partial charge in [-0.05, 0) is 26.8 Å². The van der Waals surface area contributed by atoms with Gasteiger partial charge in [-0.3, -0.25) is 0 Å². The molecule has 1 unspecified atom stereocenters. The Morgan fingerprint density at radius 1 is 1.60 bits per heavy atom. The molecule has 1 heteroatoms. The summed E-state index contributed by atoms with van der Waals surface area (Å²) in [7, 11) is 0. The van der Waals surface area contributed by atoms with Gasteiger partial charge in [-0.15, -0.1) is 0 Å². The number of rotatable bonds is 1. The van der Waals surface area contributed by atoms with Gasteiger partial charge in [0, 0.05) is 18.3 Å². The minimum atomic E-state index is 0.579. The van der Waals surface area contributed by atoms with Crippen LogP contribution in [0.3, 0.4) is 0 Å². The molecule has 0 saturated carbocycles. The molecule has 0 radical (unpaired) electrons. The van der Waals surface area contributed by atoms with Gasteiger partial charge in [0.25, 0.3) is 0 Å². The molecule has 1 aliphatic heterocycles. The molecular formula is C9H15N. The maximum Gasteiger partial charge on any atom is 0.0444 e. The molecule has 0 fully saturated rings. The number of hydrogen-bond donors (Lipinski definition) is 0. The topological polar surface area (TPSA) is 3.24 Å². The van der Waals surface area contributed by atoms with E-state index in [1.165, 1.54) is 5.70 Å². The van der Waals surface area contributed by atoms with Gasteiger partial charge in [-0.25, -0.2) is 0 Å². The second-order valence-corrected chi connectivity index (χ2v) is 2.72. The van der Waals surface area contributed by atoms with E-state index < -0.39 is 0 Å². The average molecular weight is 137 g/mol. The average Bonchev–Trinajstić information content (AvgIpc) is 1.88. The minimum absolute atomic E-state index is 0.579. The summed E-state index contributed by atoms with van der Waals surface area (Å²) in [4.78, 5) is 2.38. The number of nitrogens with zero attached hydrogens (tertiary/aromatic N) is 1. The fraction of sp³-hybridized carbons (Fsp3) is 0.556. The third-order valence-corrected chi connectivity index (χ3v) is 2.01. The monoisotopic (exact) mass is 137 g/mol. The van der Waals surface area contributed by atoms with Gasteiger partial charge in [-0.1, -0.05) is 12.2 Å². The van der Waals surface area contributed by atoms with Crippen molar-refractivity contribution in [2.75, 3.05) is 6.54 Å². The van der Waals surface area contributed by atoms with E-state index in [1.807, 2.05) is 0 Å². The zero-order valence-corrected chi connectivity index (χ0v) is 6.96. The Kier molecular flexibility index (Phi) is 2.15. The van der Waals surface area contributed by atoms with Crippen LogP contribution in [-0.4, -0.2) is 17.5 Å². The van der Waals surface area contributed by atoms with E-state index in [2.05, 4.69) is 43.9 Å². The molecule has 1 aliphatic rings. The lowest BCUT2D eigenvalue weighted by molar-refractivity contribution is 0.320. The Morgan fingerprint density at radius 3 is 2.70 bits per heavy atom. The predicted octanol–water partition coefficient (Wildman–Crippen LogP) is 2.17. The molecule has 0 amide bonds. The van der Waals surface area contributed by atoms with E-state index >= 15 is 0 Å². The third kappa shape index (κ3) is 1.23. The quantitative estimate of drug-likeness (QED) is 0.535. The Balaban J connectivity index is 2.71. The second-order valence-electron chi connectivity index (χ2n) is 2.72. The van der Waals surface area contributed by atoms with Crippen molar-refractivity contribution in [3.8, 4) is 0 Å². The number of hydrogen-bond acceptors (Lipinski definition) is 1. The summed E-state index contributed by atoms with van der Waals surface area (Å²) in [6.45, 7) is 7.67. The van der Waals surface area contributed by atoms with E-state index in [0.29, 0.717) is 6.04 Å². The van der Waals surface area contributed by atoms with Crippen molar-refractivity contribution in [3.63, 3.8) is 0 Å². The largest absolute Gasteiger partial charge is 0.369 e. The van der Waals surface area contributed by atoms with Crippen LogP contribution in [0.5, 0.6) is 0 Å². The summed E-state index contributed by atoms with van der Waals surface area (Å²) in [5.74, 6) is 0. The SMILES string of the molecule is CCN1C(C)=CC=CC1C. The highest BCUT2D eigenvalue weighted by molar-refractivity contribution is 5.18. The van der Waals surface area contributed by atoms with Crippen LogP contribution in [-0.2, 0) is 0 Å². The van der Waals surface area contributed by atoms with Gasteiger partial charge in [0.2, 0.25) is 0 Å². The van der Waals surface area contributed by atoms with Crippen LogP contribution in [0.15, 0.2) is 23.9 Å². The first-order valence-electron chi connectivity index (χ1n) is 3.87. The number of allylic oxidation sites excluding steroid dienone is 3. The summed E-state index contributed by atoms with van der Waals surface area (Å²) in [5, 5.41) is 0. The Labute approximate surface area is 63.0 Å². The van der Waals surface area contributed by atoms with Gasteiger partial charge in [0.05, 0.1) is 0 Å². The molecule has 10 heavy (non-hydrogen) atoms. The first kappa shape index (κ1) is 7.39. The first-order valence-corrected chi connectivity index (χ1v) is 3.87. The zero-order chi connectivity index (χ0) is 7.56. The highest BCUT2D eigenvalue weighted by Crippen LogP contribution is 2.13. The van der Waals surface area contributed by atoms with Crippen molar-refractivity contribution in [2.45, 2.75) is 26.8 Å². The van der Waals surface area contributed by atoms with E-state index in [4.69, 9.17) is 0 Å². The van der Waals surface area contributed by atoms with Crippen molar-refractivity contribution in [1.29, 1.82) is 0 Å². The zero-order valence-electron chi connectivity index (χ0n) is 6.96. The van der Waals surface area contributed by atoms with Crippen LogP contribution in [0, 0.1) is 0 Å². The van der Waals surface area contributed by atoms with E-state index in [-0.39, 0.29) is 0 Å². The molecular weight excluding hydrogens is 122 g/mol. The fourth-order valence-corrected chi connectivity index (χ4v) is 1.41. The van der Waals surface area contributed by atoms with E-state index in [9.17, 15) is 0 Å². The van der Waals surface area contributed by atoms with Gasteiger partial charge in [0.15, 0.2) is 0 Å². The maximum atomic E-state index is 2.38. The standard InChI is InChI=1S/C9H15N/c1-4-10-8(2)6-5-7-9(10)3/h5-8H,4H2,1-3H3. The minimum Gasteiger partial charge on any atom is -0.369 e. The third-order valence-electron chi connectivity index (χ3n) is 2.01. The molecule has 0 aromatic rings. The Morgan fingerprint density at radius 2 is 2.30 bits per heavy atom. The summed E-state index contributed by atoms with van der Waals surface area (Å²) in [6, 6.07) is 0.579. The molecule has 1 rings (SSSR count). The van der Waals surface area contributed by atoms with Crippen LogP contribution >= 0.6 is 0 Å². The maximum absolute atomic E-state index is 2.38. The lowest BCUT2D eigenvalue weighted by atomic mass is 10.1. The molecule has 1 atom stereocenters. The second kappa shape index (κ2) is 2.91. The van der Waals surface area contributed by atoms with Crippen molar-refractivity contribution in [1.82, 2.24) is 4.90 Å². The lowest BCUT2D eigenvalue weighted by Gasteiger charge is -2.30. The summed E-state index contributed by atoms with van der Waals surface area (Å²) in [5.41, 5.74) is 1.37. The molecule has 0 aliphatic carbocycles. The van der Waals surface area contributed by atoms with Crippen molar-refractivity contribution < 1.29 is 0 Å². The van der Waals surface area contributed by atoms with Crippen LogP contribution in [0.1, 0.15) is 20.8 Å². The smallest absolute Gasteiger partial charge is 0.0444 e. The van der Waals surface area contributed by atoms with Crippen molar-refractivity contribution in [3.05, 3.63) is 23.9 Å². The molecule has 0 saturated heterocycles. The number of likely N-dealkylation sites (N-methyl/N-ethyl adjacent to an activating group) is 1. The highest BCUT2D eigenvalue weighted by atomic mass is 15.2. The van der Waals surface area contributed by atoms with Crippen LogP contribution in [0.2, 0.25) is 0 Å². The fourth-order valence-electron chi connectivity index (χ4n) is 1.41. The van der Waals surface area contributed by atoms with Crippen LogP contribution in [0.4, 0.5) is 0 Å². The van der Waals surface area contributed by atoms with Gasteiger partial charge in [-0.2, -0.15) is 0 Å². The molecule has 0 N–H and O–H groups in total. The molecule has 0 bridgehead atoms. The van der Waals surface area contributed by atoms with Gasteiger partial charge in [0.1, 0.15) is 0 Å². The predicted molar refractivity (Wildman–Crippen MR) is 44.7 cm³/mol.